The number of hydrogen-bond acceptors (Lipinski definition) is 4. The third kappa shape index (κ3) is 2.39. The molecule has 0 aliphatic heterocycles. The Balaban J connectivity index is 2.30. The molecule has 17 heavy (non-hydrogen) atoms. The number of hydrogen-bond donors (Lipinski definition) is 3. The Hall–Kier alpha value is -2.02. The molecule has 0 aliphatic rings. The number of aromatic hydroxyl groups is 1. The fourth-order valence-corrected chi connectivity index (χ4v) is 2.28. The first-order valence-electron chi connectivity index (χ1n) is 4.81. The molecule has 2 rings (SSSR count). The summed E-state index contributed by atoms with van der Waals surface area (Å²) in [4.78, 5) is 0. The van der Waals surface area contributed by atoms with Crippen LogP contribution in [0.2, 0.25) is 0 Å². The number of sulfonamides is 1. The van der Waals surface area contributed by atoms with Gasteiger partial charge in [-0.15, -0.1) is 0 Å². The van der Waals surface area contributed by atoms with Gasteiger partial charge in [-0.25, -0.2) is 0 Å². The number of nitrogens with one attached hydrogen (secondary N) is 2. The zero-order chi connectivity index (χ0) is 12.5. The summed E-state index contributed by atoms with van der Waals surface area (Å²) in [5, 5.41) is 15.3. The van der Waals surface area contributed by atoms with Crippen LogP contribution in [0.25, 0.3) is 0 Å². The maximum absolute atomic E-state index is 11.8. The molecular weight excluding hydrogens is 242 g/mol. The Bertz CT molecular complexity index is 620. The van der Waals surface area contributed by atoms with Gasteiger partial charge < -0.3 is 5.11 Å². The van der Waals surface area contributed by atoms with E-state index in [-0.39, 0.29) is 10.8 Å². The van der Waals surface area contributed by atoms with E-state index in [1.165, 1.54) is 24.4 Å². The highest BCUT2D eigenvalue weighted by molar-refractivity contribution is 7.92. The first-order chi connectivity index (χ1) is 7.99. The number of aromatic amines is 1. The zero-order valence-electron chi connectivity index (χ0n) is 9.01. The summed E-state index contributed by atoms with van der Waals surface area (Å²) in [5.74, 6) is 0.120. The van der Waals surface area contributed by atoms with Gasteiger partial charge in [-0.3, -0.25) is 9.82 Å². The van der Waals surface area contributed by atoms with Gasteiger partial charge >= 0.3 is 0 Å². The van der Waals surface area contributed by atoms with Crippen molar-refractivity contribution in [1.82, 2.24) is 10.2 Å². The van der Waals surface area contributed by atoms with Crippen LogP contribution in [0.3, 0.4) is 0 Å². The molecular formula is C10H11N3O3S. The fourth-order valence-electron chi connectivity index (χ4n) is 1.32. The lowest BCUT2D eigenvalue weighted by Gasteiger charge is -2.07. The van der Waals surface area contributed by atoms with Crippen molar-refractivity contribution in [2.75, 3.05) is 4.72 Å². The summed E-state index contributed by atoms with van der Waals surface area (Å²) in [5.41, 5.74) is 0.977. The van der Waals surface area contributed by atoms with Crippen LogP contribution in [0.4, 0.5) is 5.69 Å². The van der Waals surface area contributed by atoms with Gasteiger partial charge in [0.05, 0.1) is 6.20 Å². The number of aryl methyl sites for hydroxylation is 1. The molecule has 1 aromatic heterocycles. The molecule has 3 N–H and O–H groups in total. The number of rotatable bonds is 3. The van der Waals surface area contributed by atoms with Crippen LogP contribution in [0.15, 0.2) is 35.5 Å². The average molecular weight is 253 g/mol. The maximum Gasteiger partial charge on any atom is 0.278 e. The second kappa shape index (κ2) is 4.10. The van der Waals surface area contributed by atoms with E-state index in [9.17, 15) is 13.5 Å². The maximum atomic E-state index is 11.8. The summed E-state index contributed by atoms with van der Waals surface area (Å²) < 4.78 is 26.0. The normalized spacial score (nSPS) is 11.4. The summed E-state index contributed by atoms with van der Waals surface area (Å²) >= 11 is 0. The predicted octanol–water partition coefficient (Wildman–Crippen LogP) is 1.22. The predicted molar refractivity (Wildman–Crippen MR) is 62.2 cm³/mol. The van der Waals surface area contributed by atoms with E-state index in [0.29, 0.717) is 11.3 Å². The van der Waals surface area contributed by atoms with Gasteiger partial charge in [0.2, 0.25) is 0 Å². The highest BCUT2D eigenvalue weighted by Gasteiger charge is 2.15. The zero-order valence-corrected chi connectivity index (χ0v) is 9.82. The van der Waals surface area contributed by atoms with E-state index >= 15 is 0 Å². The number of H-pyrrole nitrogens is 1. The third-order valence-corrected chi connectivity index (χ3v) is 3.52. The molecule has 0 atom stereocenters. The van der Waals surface area contributed by atoms with Gasteiger partial charge in [0.25, 0.3) is 10.0 Å². The van der Waals surface area contributed by atoms with Crippen molar-refractivity contribution in [3.8, 4) is 5.75 Å². The molecule has 0 aliphatic carbocycles. The lowest BCUT2D eigenvalue weighted by atomic mass is 10.2. The van der Waals surface area contributed by atoms with Crippen molar-refractivity contribution >= 4 is 15.7 Å². The van der Waals surface area contributed by atoms with E-state index in [4.69, 9.17) is 0 Å². The second-order valence-corrected chi connectivity index (χ2v) is 5.18. The van der Waals surface area contributed by atoms with E-state index in [1.807, 2.05) is 0 Å². The van der Waals surface area contributed by atoms with E-state index in [0.717, 1.165) is 0 Å². The molecule has 6 nitrogen and oxygen atoms in total. The summed E-state index contributed by atoms with van der Waals surface area (Å²) in [6.45, 7) is 1.68. The van der Waals surface area contributed by atoms with Crippen LogP contribution in [-0.2, 0) is 10.0 Å². The van der Waals surface area contributed by atoms with Crippen molar-refractivity contribution in [3.63, 3.8) is 0 Å². The van der Waals surface area contributed by atoms with Gasteiger partial charge in [0.15, 0.2) is 5.03 Å². The van der Waals surface area contributed by atoms with Crippen LogP contribution < -0.4 is 4.72 Å². The molecule has 0 bridgehead atoms. The Labute approximate surface area is 98.4 Å². The highest BCUT2D eigenvalue weighted by Crippen LogP contribution is 2.21. The quantitative estimate of drug-likeness (QED) is 0.717. The van der Waals surface area contributed by atoms with Crippen molar-refractivity contribution in [2.24, 2.45) is 0 Å². The minimum Gasteiger partial charge on any atom is -0.508 e. The third-order valence-electron chi connectivity index (χ3n) is 2.21. The topological polar surface area (TPSA) is 95.1 Å². The minimum absolute atomic E-state index is 0.0109. The van der Waals surface area contributed by atoms with Crippen LogP contribution in [0, 0.1) is 6.92 Å². The second-order valence-electron chi connectivity index (χ2n) is 3.53. The largest absolute Gasteiger partial charge is 0.508 e. The number of phenolic OH excluding ortho intramolecular Hbond substituents is 1. The lowest BCUT2D eigenvalue weighted by molar-refractivity contribution is 0.471. The molecule has 0 spiro atoms. The molecule has 1 heterocycles. The lowest BCUT2D eigenvalue weighted by Crippen LogP contribution is -2.13. The van der Waals surface area contributed by atoms with E-state index < -0.39 is 10.0 Å². The molecule has 2 aromatic rings. The smallest absolute Gasteiger partial charge is 0.278 e. The van der Waals surface area contributed by atoms with Crippen molar-refractivity contribution in [3.05, 3.63) is 36.0 Å². The molecule has 0 saturated carbocycles. The fraction of sp³-hybridized carbons (Fsp3) is 0.100. The molecule has 0 unspecified atom stereocenters. The van der Waals surface area contributed by atoms with Crippen LogP contribution >= 0.6 is 0 Å². The van der Waals surface area contributed by atoms with Gasteiger partial charge in [-0.2, -0.15) is 13.5 Å². The summed E-state index contributed by atoms with van der Waals surface area (Å²) in [6, 6.07) is 5.81. The number of nitrogens with zero attached hydrogens (tertiary/aromatic N) is 1. The molecule has 90 valence electrons. The summed E-state index contributed by atoms with van der Waals surface area (Å²) in [6.07, 6.45) is 1.36. The Kier molecular flexibility index (Phi) is 2.76. The first-order valence-corrected chi connectivity index (χ1v) is 6.29. The number of anilines is 1. The molecule has 0 amide bonds. The molecule has 0 radical (unpaired) electrons. The molecule has 0 fully saturated rings. The van der Waals surface area contributed by atoms with Gasteiger partial charge in [0.1, 0.15) is 5.75 Å². The molecule has 0 saturated heterocycles. The average Bonchev–Trinajstić information content (AvgIpc) is 2.77. The standard InChI is InChI=1S/C10H11N3O3S/c1-7-6-8(2-3-9(7)14)13-17(15,16)10-4-5-11-12-10/h2-6,13-14H,1H3,(H,11,12). The van der Waals surface area contributed by atoms with Crippen LogP contribution in [0.1, 0.15) is 5.56 Å². The highest BCUT2D eigenvalue weighted by atomic mass is 32.2. The van der Waals surface area contributed by atoms with Gasteiger partial charge in [0, 0.05) is 5.69 Å². The Morgan fingerprint density at radius 2 is 2.12 bits per heavy atom. The molecule has 1 aromatic carbocycles. The van der Waals surface area contributed by atoms with Crippen LogP contribution in [0.5, 0.6) is 5.75 Å². The first kappa shape index (κ1) is 11.5. The summed E-state index contributed by atoms with van der Waals surface area (Å²) in [7, 11) is -3.65. The Morgan fingerprint density at radius 1 is 1.35 bits per heavy atom. The Morgan fingerprint density at radius 3 is 2.71 bits per heavy atom. The van der Waals surface area contributed by atoms with Crippen molar-refractivity contribution < 1.29 is 13.5 Å². The number of benzene rings is 1. The van der Waals surface area contributed by atoms with Crippen molar-refractivity contribution in [1.29, 1.82) is 0 Å². The van der Waals surface area contributed by atoms with Crippen LogP contribution in [-0.4, -0.2) is 23.7 Å². The number of aromatic nitrogens is 2. The van der Waals surface area contributed by atoms with E-state index in [2.05, 4.69) is 14.9 Å². The number of phenols is 1. The van der Waals surface area contributed by atoms with Crippen molar-refractivity contribution in [2.45, 2.75) is 11.9 Å². The molecule has 7 heteroatoms. The minimum atomic E-state index is -3.65. The van der Waals surface area contributed by atoms with E-state index in [1.54, 1.807) is 13.0 Å². The van der Waals surface area contributed by atoms with Gasteiger partial charge in [-0.05, 0) is 36.8 Å². The van der Waals surface area contributed by atoms with Gasteiger partial charge in [-0.1, -0.05) is 0 Å². The monoisotopic (exact) mass is 253 g/mol. The SMILES string of the molecule is Cc1cc(NS(=O)(=O)c2ccn[nH]2)ccc1O.